The van der Waals surface area contributed by atoms with E-state index in [1.807, 2.05) is 18.2 Å². The standard InChI is InChI=1S/C22H32N4O/c1-5-23-22(24-14-13-20-11-6-7-12-21(20)27-4)25-16-18-9-8-10-19(15-18)17-26(2)3/h6-12,15H,5,13-14,16-17H2,1-4H3,(H2,23,24,25). The van der Waals surface area contributed by atoms with Gasteiger partial charge in [-0.05, 0) is 50.2 Å². The fourth-order valence-electron chi connectivity index (χ4n) is 2.93. The van der Waals surface area contributed by atoms with Gasteiger partial charge in [0.25, 0.3) is 0 Å². The molecule has 0 saturated carbocycles. The number of rotatable bonds is 9. The molecule has 0 radical (unpaired) electrons. The molecule has 0 saturated heterocycles. The highest BCUT2D eigenvalue weighted by Crippen LogP contribution is 2.17. The largest absolute Gasteiger partial charge is 0.496 e. The predicted molar refractivity (Wildman–Crippen MR) is 113 cm³/mol. The summed E-state index contributed by atoms with van der Waals surface area (Å²) in [7, 11) is 5.88. The molecule has 0 unspecified atom stereocenters. The Labute approximate surface area is 163 Å². The minimum absolute atomic E-state index is 0.658. The first kappa shape index (κ1) is 20.8. The van der Waals surface area contributed by atoms with Crippen molar-refractivity contribution in [3.8, 4) is 5.75 Å². The van der Waals surface area contributed by atoms with Gasteiger partial charge < -0.3 is 20.3 Å². The highest BCUT2D eigenvalue weighted by atomic mass is 16.5. The van der Waals surface area contributed by atoms with Crippen molar-refractivity contribution in [2.45, 2.75) is 26.4 Å². The summed E-state index contributed by atoms with van der Waals surface area (Å²) in [6.45, 7) is 5.31. The van der Waals surface area contributed by atoms with Gasteiger partial charge in [0, 0.05) is 19.6 Å². The minimum atomic E-state index is 0.658. The molecular formula is C22H32N4O. The second-order valence-electron chi connectivity index (χ2n) is 6.74. The number of benzene rings is 2. The Hall–Kier alpha value is -2.53. The van der Waals surface area contributed by atoms with Gasteiger partial charge in [-0.1, -0.05) is 42.5 Å². The third-order valence-corrected chi connectivity index (χ3v) is 4.13. The zero-order chi connectivity index (χ0) is 19.5. The molecule has 2 aromatic carbocycles. The van der Waals surface area contributed by atoms with Crippen molar-refractivity contribution in [2.24, 2.45) is 4.99 Å². The maximum Gasteiger partial charge on any atom is 0.191 e. The van der Waals surface area contributed by atoms with Crippen LogP contribution in [-0.4, -0.2) is 45.2 Å². The average Bonchev–Trinajstić information content (AvgIpc) is 2.66. The van der Waals surface area contributed by atoms with Crippen molar-refractivity contribution in [1.29, 1.82) is 0 Å². The Balaban J connectivity index is 1.94. The van der Waals surface area contributed by atoms with Gasteiger partial charge in [-0.15, -0.1) is 0 Å². The maximum absolute atomic E-state index is 5.42. The van der Waals surface area contributed by atoms with Crippen LogP contribution in [0.4, 0.5) is 0 Å². The lowest BCUT2D eigenvalue weighted by Crippen LogP contribution is -2.38. The molecule has 0 atom stereocenters. The molecule has 5 nitrogen and oxygen atoms in total. The fourth-order valence-corrected chi connectivity index (χ4v) is 2.93. The topological polar surface area (TPSA) is 48.9 Å². The molecule has 2 N–H and O–H groups in total. The fraction of sp³-hybridized carbons (Fsp3) is 0.409. The molecule has 0 spiro atoms. The molecule has 27 heavy (non-hydrogen) atoms. The van der Waals surface area contributed by atoms with Crippen LogP contribution in [0, 0.1) is 0 Å². The first-order valence-corrected chi connectivity index (χ1v) is 9.49. The van der Waals surface area contributed by atoms with Gasteiger partial charge in [-0.3, -0.25) is 0 Å². The van der Waals surface area contributed by atoms with Crippen molar-refractivity contribution in [1.82, 2.24) is 15.5 Å². The van der Waals surface area contributed by atoms with E-state index < -0.39 is 0 Å². The highest BCUT2D eigenvalue weighted by Gasteiger charge is 2.03. The van der Waals surface area contributed by atoms with E-state index in [9.17, 15) is 0 Å². The number of hydrogen-bond acceptors (Lipinski definition) is 3. The van der Waals surface area contributed by atoms with Gasteiger partial charge in [0.1, 0.15) is 5.75 Å². The van der Waals surface area contributed by atoms with Crippen LogP contribution in [0.25, 0.3) is 0 Å². The summed E-state index contributed by atoms with van der Waals surface area (Å²) in [5.74, 6) is 1.77. The number of para-hydroxylation sites is 1. The SMILES string of the molecule is CCNC(=NCc1cccc(CN(C)C)c1)NCCc1ccccc1OC. The first-order chi connectivity index (χ1) is 13.1. The van der Waals surface area contributed by atoms with Crippen LogP contribution in [0.3, 0.4) is 0 Å². The Bertz CT molecular complexity index is 728. The van der Waals surface area contributed by atoms with E-state index in [4.69, 9.17) is 9.73 Å². The van der Waals surface area contributed by atoms with Crippen LogP contribution < -0.4 is 15.4 Å². The lowest BCUT2D eigenvalue weighted by atomic mass is 10.1. The summed E-state index contributed by atoms with van der Waals surface area (Å²) < 4.78 is 5.42. The molecule has 0 fully saturated rings. The minimum Gasteiger partial charge on any atom is -0.496 e. The summed E-state index contributed by atoms with van der Waals surface area (Å²) in [4.78, 5) is 6.90. The van der Waals surface area contributed by atoms with Gasteiger partial charge in [0.2, 0.25) is 0 Å². The van der Waals surface area contributed by atoms with E-state index in [2.05, 4.69) is 66.9 Å². The average molecular weight is 369 g/mol. The van der Waals surface area contributed by atoms with E-state index >= 15 is 0 Å². The van der Waals surface area contributed by atoms with Crippen molar-refractivity contribution in [2.75, 3.05) is 34.3 Å². The van der Waals surface area contributed by atoms with Crippen LogP contribution in [0.2, 0.25) is 0 Å². The van der Waals surface area contributed by atoms with E-state index in [1.165, 1.54) is 16.7 Å². The lowest BCUT2D eigenvalue weighted by molar-refractivity contribution is 0.402. The molecule has 0 aliphatic heterocycles. The molecule has 0 aromatic heterocycles. The first-order valence-electron chi connectivity index (χ1n) is 9.49. The Morgan fingerprint density at radius 1 is 1.04 bits per heavy atom. The quantitative estimate of drug-likeness (QED) is 0.528. The number of ether oxygens (including phenoxy) is 1. The molecule has 0 aliphatic rings. The Morgan fingerprint density at radius 3 is 2.56 bits per heavy atom. The molecule has 2 aromatic rings. The smallest absolute Gasteiger partial charge is 0.191 e. The Kier molecular flexibility index (Phi) is 8.65. The van der Waals surface area contributed by atoms with Gasteiger partial charge in [0.15, 0.2) is 5.96 Å². The van der Waals surface area contributed by atoms with E-state index in [0.717, 1.165) is 37.8 Å². The summed E-state index contributed by atoms with van der Waals surface area (Å²) >= 11 is 0. The lowest BCUT2D eigenvalue weighted by Gasteiger charge is -2.13. The molecule has 146 valence electrons. The van der Waals surface area contributed by atoms with E-state index in [1.54, 1.807) is 7.11 Å². The van der Waals surface area contributed by atoms with E-state index in [0.29, 0.717) is 6.54 Å². The predicted octanol–water partition coefficient (Wildman–Crippen LogP) is 3.05. The van der Waals surface area contributed by atoms with Gasteiger partial charge in [-0.2, -0.15) is 0 Å². The third kappa shape index (κ3) is 7.31. The molecular weight excluding hydrogens is 336 g/mol. The number of aliphatic imine (C=N–C) groups is 1. The van der Waals surface area contributed by atoms with Crippen molar-refractivity contribution >= 4 is 5.96 Å². The second-order valence-corrected chi connectivity index (χ2v) is 6.74. The zero-order valence-electron chi connectivity index (χ0n) is 17.0. The van der Waals surface area contributed by atoms with Crippen molar-refractivity contribution in [3.63, 3.8) is 0 Å². The van der Waals surface area contributed by atoms with E-state index in [-0.39, 0.29) is 0 Å². The summed E-state index contributed by atoms with van der Waals surface area (Å²) in [5, 5.41) is 6.73. The van der Waals surface area contributed by atoms with Crippen LogP contribution in [-0.2, 0) is 19.5 Å². The number of guanidine groups is 1. The van der Waals surface area contributed by atoms with Crippen LogP contribution in [0.1, 0.15) is 23.6 Å². The molecule has 5 heteroatoms. The zero-order valence-corrected chi connectivity index (χ0v) is 17.0. The monoisotopic (exact) mass is 368 g/mol. The summed E-state index contributed by atoms with van der Waals surface area (Å²) in [5.41, 5.74) is 3.72. The van der Waals surface area contributed by atoms with Gasteiger partial charge in [-0.25, -0.2) is 4.99 Å². The molecule has 0 amide bonds. The second kappa shape index (κ2) is 11.2. The number of nitrogens with zero attached hydrogens (tertiary/aromatic N) is 2. The number of nitrogens with one attached hydrogen (secondary N) is 2. The number of hydrogen-bond donors (Lipinski definition) is 2. The van der Waals surface area contributed by atoms with Crippen LogP contribution in [0.5, 0.6) is 5.75 Å². The summed E-state index contributed by atoms with van der Waals surface area (Å²) in [6.07, 6.45) is 0.882. The molecule has 0 aliphatic carbocycles. The molecule has 0 bridgehead atoms. The number of methoxy groups -OCH3 is 1. The molecule has 0 heterocycles. The van der Waals surface area contributed by atoms with Crippen molar-refractivity contribution < 1.29 is 4.74 Å². The van der Waals surface area contributed by atoms with Crippen molar-refractivity contribution in [3.05, 3.63) is 65.2 Å². The normalized spacial score (nSPS) is 11.5. The van der Waals surface area contributed by atoms with Gasteiger partial charge >= 0.3 is 0 Å². The summed E-state index contributed by atoms with van der Waals surface area (Å²) in [6, 6.07) is 16.7. The van der Waals surface area contributed by atoms with Crippen LogP contribution >= 0.6 is 0 Å². The maximum atomic E-state index is 5.42. The third-order valence-electron chi connectivity index (χ3n) is 4.13. The van der Waals surface area contributed by atoms with Crippen LogP contribution in [0.15, 0.2) is 53.5 Å². The van der Waals surface area contributed by atoms with Gasteiger partial charge in [0.05, 0.1) is 13.7 Å². The highest BCUT2D eigenvalue weighted by molar-refractivity contribution is 5.79. The Morgan fingerprint density at radius 2 is 1.81 bits per heavy atom. The molecule has 2 rings (SSSR count).